The Balaban J connectivity index is 1.03. The van der Waals surface area contributed by atoms with Crippen molar-refractivity contribution in [3.8, 4) is 0 Å². The SMILES string of the molecule is C=C([C@@H](CC(=O)OC)C(C)C)N1C[C@@H](F)C[C@H]1C1=Cc2cc([C@H]3CC[C@H](c4ccc5c(c4)CC=C([C@@H]4C[C@H](F)CC4C(=O)[C@@H](NC(C)=O)C(C)C)N5)N3c3ccc(F)cc3)ccc2C1. The van der Waals surface area contributed by atoms with Gasteiger partial charge < -0.3 is 25.2 Å². The van der Waals surface area contributed by atoms with Crippen molar-refractivity contribution in [1.29, 1.82) is 0 Å². The van der Waals surface area contributed by atoms with Crippen LogP contribution in [0.2, 0.25) is 0 Å². The summed E-state index contributed by atoms with van der Waals surface area (Å²) in [4.78, 5) is 42.6. The first-order chi connectivity index (χ1) is 30.6. The van der Waals surface area contributed by atoms with E-state index in [2.05, 4.69) is 89.4 Å². The maximum atomic E-state index is 15.3. The lowest BCUT2D eigenvalue weighted by molar-refractivity contribution is -0.142. The highest BCUT2D eigenvalue weighted by Gasteiger charge is 2.45. The Morgan fingerprint density at radius 1 is 0.875 bits per heavy atom. The quantitative estimate of drug-likeness (QED) is 0.156. The molecule has 11 heteroatoms. The van der Waals surface area contributed by atoms with Gasteiger partial charge in [-0.2, -0.15) is 0 Å². The lowest BCUT2D eigenvalue weighted by Crippen LogP contribution is -2.47. The fourth-order valence-corrected chi connectivity index (χ4v) is 11.3. The van der Waals surface area contributed by atoms with Crippen molar-refractivity contribution < 1.29 is 32.3 Å². The Kier molecular flexibility index (Phi) is 13.2. The number of ketones is 1. The molecule has 1 saturated carbocycles. The maximum absolute atomic E-state index is 15.3. The number of rotatable bonds is 14. The van der Waals surface area contributed by atoms with Gasteiger partial charge in [-0.05, 0) is 120 Å². The minimum atomic E-state index is -1.10. The number of benzene rings is 3. The Hall–Kier alpha value is -5.32. The molecular formula is C53H63F3N4O4. The summed E-state index contributed by atoms with van der Waals surface area (Å²) in [6, 6.07) is 19.1. The second kappa shape index (κ2) is 18.6. The fourth-order valence-electron chi connectivity index (χ4n) is 11.3. The van der Waals surface area contributed by atoms with Gasteiger partial charge in [0, 0.05) is 60.4 Å². The van der Waals surface area contributed by atoms with Gasteiger partial charge in [-0.3, -0.25) is 14.4 Å². The molecule has 0 spiro atoms. The van der Waals surface area contributed by atoms with Crippen LogP contribution in [0, 0.1) is 35.4 Å². The molecule has 8 nitrogen and oxygen atoms in total. The summed E-state index contributed by atoms with van der Waals surface area (Å²) in [5, 5.41) is 6.39. The summed E-state index contributed by atoms with van der Waals surface area (Å²) in [5.74, 6) is -1.95. The minimum absolute atomic E-state index is 0.00908. The average Bonchev–Trinajstić information content (AvgIpc) is 4.08. The van der Waals surface area contributed by atoms with E-state index in [-0.39, 0.29) is 91.1 Å². The van der Waals surface area contributed by atoms with Gasteiger partial charge in [-0.15, -0.1) is 0 Å². The van der Waals surface area contributed by atoms with Crippen molar-refractivity contribution in [2.75, 3.05) is 23.9 Å². The molecule has 3 aliphatic heterocycles. The van der Waals surface area contributed by atoms with Crippen LogP contribution in [0.15, 0.2) is 90.3 Å². The van der Waals surface area contributed by atoms with Crippen molar-refractivity contribution in [3.05, 3.63) is 124 Å². The number of hydrogen-bond donors (Lipinski definition) is 2. The van der Waals surface area contributed by atoms with Gasteiger partial charge in [0.1, 0.15) is 18.2 Å². The summed E-state index contributed by atoms with van der Waals surface area (Å²) in [5.41, 5.74) is 10.4. The van der Waals surface area contributed by atoms with E-state index >= 15 is 8.78 Å². The number of Topliss-reactive ketones (excluding diaryl/α,β-unsaturated/α-hetero) is 1. The van der Waals surface area contributed by atoms with Crippen LogP contribution >= 0.6 is 0 Å². The number of alkyl halides is 2. The molecule has 0 bridgehead atoms. The molecule has 5 aliphatic rings. The molecule has 3 fully saturated rings. The largest absolute Gasteiger partial charge is 0.469 e. The van der Waals surface area contributed by atoms with E-state index in [9.17, 15) is 18.8 Å². The summed E-state index contributed by atoms with van der Waals surface area (Å²) in [6.07, 6.45) is 6.32. The molecule has 0 radical (unpaired) electrons. The summed E-state index contributed by atoms with van der Waals surface area (Å²) in [7, 11) is 1.39. The Bertz CT molecular complexity index is 2340. The highest BCUT2D eigenvalue weighted by Crippen LogP contribution is 2.49. The van der Waals surface area contributed by atoms with Crippen LogP contribution in [0.5, 0.6) is 0 Å². The number of likely N-dealkylation sites (tertiary alicyclic amines) is 1. The average molecular weight is 877 g/mol. The number of allylic oxidation sites excluding steroid dienone is 3. The lowest BCUT2D eigenvalue weighted by Gasteiger charge is -2.35. The zero-order valence-electron chi connectivity index (χ0n) is 38.0. The number of ether oxygens (including phenoxy) is 1. The number of amides is 1. The molecule has 1 unspecified atom stereocenters. The van der Waals surface area contributed by atoms with Gasteiger partial charge in [0.05, 0.1) is 37.7 Å². The summed E-state index contributed by atoms with van der Waals surface area (Å²) >= 11 is 0. The standard InChI is InChI=1S/C53H63F3N4O4/c1-29(2)43(27-51(62)64-7)31(5)59-28-41(56)26-50(59)38-20-33-8-9-35(22-37(33)23-38)48-18-19-49(60(48)42-14-12-39(54)13-15-42)36-11-16-46-34(21-36)10-17-47(58-46)44-24-40(55)25-45(44)53(63)52(30(3)4)57-32(6)61/h8-9,11-17,21-23,29-30,40-41,43-45,48-50,52,58H,5,10,18-20,24-28H2,1-4,6-7H3,(H,57,61)/t40-,41-,43-,44+,45?,48+,49+,50-,52-/m0/s1. The first-order valence-electron chi connectivity index (χ1n) is 23.2. The predicted molar refractivity (Wildman–Crippen MR) is 246 cm³/mol. The van der Waals surface area contributed by atoms with E-state index in [1.807, 2.05) is 26.0 Å². The zero-order chi connectivity index (χ0) is 45.6. The first-order valence-corrected chi connectivity index (χ1v) is 23.2. The number of anilines is 2. The van der Waals surface area contributed by atoms with Gasteiger partial charge in [0.25, 0.3) is 0 Å². The van der Waals surface area contributed by atoms with Gasteiger partial charge in [0.2, 0.25) is 5.91 Å². The molecule has 8 rings (SSSR count). The number of nitrogens with zero attached hydrogens (tertiary/aromatic N) is 2. The number of nitrogens with one attached hydrogen (secondary N) is 2. The van der Waals surface area contributed by atoms with E-state index < -0.39 is 24.3 Å². The van der Waals surface area contributed by atoms with Gasteiger partial charge in [-0.25, -0.2) is 13.2 Å². The Labute approximate surface area is 376 Å². The van der Waals surface area contributed by atoms with Crippen molar-refractivity contribution in [2.45, 2.75) is 122 Å². The number of carbonyl (C=O) groups excluding carboxylic acids is 3. The number of hydrogen-bond acceptors (Lipinski definition) is 7. The van der Waals surface area contributed by atoms with Crippen LogP contribution in [-0.4, -0.2) is 60.6 Å². The first kappa shape index (κ1) is 45.3. The number of methoxy groups -OCH3 is 1. The van der Waals surface area contributed by atoms with Crippen molar-refractivity contribution in [2.24, 2.45) is 29.6 Å². The molecule has 2 saturated heterocycles. The monoisotopic (exact) mass is 876 g/mol. The summed E-state index contributed by atoms with van der Waals surface area (Å²) < 4.78 is 49.7. The number of fused-ring (bicyclic) bond motifs is 2. The third-order valence-corrected chi connectivity index (χ3v) is 14.6. The van der Waals surface area contributed by atoms with Crippen LogP contribution in [0.1, 0.15) is 113 Å². The summed E-state index contributed by atoms with van der Waals surface area (Å²) in [6.45, 7) is 14.0. The van der Waals surface area contributed by atoms with Crippen LogP contribution < -0.4 is 15.5 Å². The maximum Gasteiger partial charge on any atom is 0.306 e. The number of halogens is 3. The fraction of sp³-hybridized carbons (Fsp3) is 0.491. The van der Waals surface area contributed by atoms with Crippen LogP contribution in [-0.2, 0) is 32.0 Å². The predicted octanol–water partition coefficient (Wildman–Crippen LogP) is 10.6. The highest BCUT2D eigenvalue weighted by atomic mass is 19.1. The second-order valence-corrected chi connectivity index (χ2v) is 19.5. The van der Waals surface area contributed by atoms with Gasteiger partial charge in [0.15, 0.2) is 5.78 Å². The molecule has 0 aromatic heterocycles. The van der Waals surface area contributed by atoms with Crippen LogP contribution in [0.3, 0.4) is 0 Å². The van der Waals surface area contributed by atoms with Gasteiger partial charge in [-0.1, -0.05) is 70.7 Å². The molecule has 340 valence electrons. The van der Waals surface area contributed by atoms with Crippen LogP contribution in [0.25, 0.3) is 6.08 Å². The molecule has 9 atom stereocenters. The van der Waals surface area contributed by atoms with Crippen molar-refractivity contribution in [1.82, 2.24) is 10.2 Å². The highest BCUT2D eigenvalue weighted by molar-refractivity contribution is 5.91. The molecular weight excluding hydrogens is 814 g/mol. The normalized spacial score (nSPS) is 26.0. The van der Waals surface area contributed by atoms with Crippen LogP contribution in [0.4, 0.5) is 24.5 Å². The van der Waals surface area contributed by atoms with Crippen molar-refractivity contribution >= 4 is 35.1 Å². The number of esters is 1. The topological polar surface area (TPSA) is 91.0 Å². The smallest absolute Gasteiger partial charge is 0.306 e. The molecule has 3 heterocycles. The molecule has 2 aliphatic carbocycles. The van der Waals surface area contributed by atoms with E-state index in [0.717, 1.165) is 69.9 Å². The van der Waals surface area contributed by atoms with E-state index in [4.69, 9.17) is 4.74 Å². The Morgan fingerprint density at radius 2 is 1.58 bits per heavy atom. The zero-order valence-corrected chi connectivity index (χ0v) is 38.0. The third kappa shape index (κ3) is 9.14. The second-order valence-electron chi connectivity index (χ2n) is 19.5. The minimum Gasteiger partial charge on any atom is -0.469 e. The van der Waals surface area contributed by atoms with E-state index in [0.29, 0.717) is 12.8 Å². The lowest BCUT2D eigenvalue weighted by atomic mass is 9.82. The number of carbonyl (C=O) groups is 3. The Morgan fingerprint density at radius 3 is 2.25 bits per heavy atom. The van der Waals surface area contributed by atoms with Crippen molar-refractivity contribution in [3.63, 3.8) is 0 Å². The molecule has 3 aromatic rings. The van der Waals surface area contributed by atoms with E-state index in [1.165, 1.54) is 31.7 Å². The molecule has 64 heavy (non-hydrogen) atoms. The molecule has 1 amide bonds. The van der Waals surface area contributed by atoms with E-state index in [1.54, 1.807) is 0 Å². The van der Waals surface area contributed by atoms with Gasteiger partial charge >= 0.3 is 5.97 Å². The molecule has 2 N–H and O–H groups in total. The third-order valence-electron chi connectivity index (χ3n) is 14.6. The molecule has 3 aromatic carbocycles.